The molecule has 31 heavy (non-hydrogen) atoms. The van der Waals surface area contributed by atoms with Crippen molar-refractivity contribution in [2.75, 3.05) is 19.6 Å². The third-order valence-electron chi connectivity index (χ3n) is 7.27. The van der Waals surface area contributed by atoms with Crippen molar-refractivity contribution >= 4 is 11.9 Å². The minimum Gasteiger partial charge on any atom is -0.480 e. The van der Waals surface area contributed by atoms with E-state index in [-0.39, 0.29) is 11.9 Å². The molecule has 0 aliphatic carbocycles. The zero-order valence-electron chi connectivity index (χ0n) is 20.2. The molecule has 2 heterocycles. The molecular formula is C26H48N2O3. The molecule has 180 valence electrons. The van der Waals surface area contributed by atoms with Crippen molar-refractivity contribution in [2.24, 2.45) is 0 Å². The first-order valence-corrected chi connectivity index (χ1v) is 13.4. The monoisotopic (exact) mass is 436 g/mol. The number of carbonyl (C=O) groups excluding carboxylic acids is 1. The van der Waals surface area contributed by atoms with Crippen LogP contribution < -0.4 is 0 Å². The van der Waals surface area contributed by atoms with Gasteiger partial charge in [0.15, 0.2) is 0 Å². The number of likely N-dealkylation sites (tertiary alicyclic amines) is 2. The SMILES string of the molecule is CCCCCCCCCCCCCCCCN1CCC[C@H]1C(=O)N1CCCC1C(=O)O. The van der Waals surface area contributed by atoms with E-state index < -0.39 is 12.0 Å². The van der Waals surface area contributed by atoms with Crippen molar-refractivity contribution in [1.29, 1.82) is 0 Å². The second-order valence-electron chi connectivity index (χ2n) is 9.82. The summed E-state index contributed by atoms with van der Waals surface area (Å²) in [6.45, 7) is 4.86. The fourth-order valence-corrected chi connectivity index (χ4v) is 5.36. The number of aliphatic carboxylic acids is 1. The van der Waals surface area contributed by atoms with E-state index in [1.54, 1.807) is 4.90 Å². The van der Waals surface area contributed by atoms with Crippen LogP contribution in [0.4, 0.5) is 0 Å². The molecule has 2 saturated heterocycles. The number of carbonyl (C=O) groups is 2. The van der Waals surface area contributed by atoms with Gasteiger partial charge in [-0.3, -0.25) is 9.69 Å². The highest BCUT2D eigenvalue weighted by atomic mass is 16.4. The Kier molecular flexibility index (Phi) is 13.2. The summed E-state index contributed by atoms with van der Waals surface area (Å²) < 4.78 is 0. The van der Waals surface area contributed by atoms with Crippen LogP contribution in [-0.4, -0.2) is 58.5 Å². The van der Waals surface area contributed by atoms with Crippen molar-refractivity contribution in [3.05, 3.63) is 0 Å². The lowest BCUT2D eigenvalue weighted by Gasteiger charge is -2.30. The smallest absolute Gasteiger partial charge is 0.326 e. The Labute approximate surface area is 190 Å². The van der Waals surface area contributed by atoms with Crippen LogP contribution in [0, 0.1) is 0 Å². The van der Waals surface area contributed by atoms with Crippen LogP contribution in [0.25, 0.3) is 0 Å². The van der Waals surface area contributed by atoms with Gasteiger partial charge in [-0.05, 0) is 45.2 Å². The molecule has 2 aliphatic rings. The number of hydrogen-bond donors (Lipinski definition) is 1. The third-order valence-corrected chi connectivity index (χ3v) is 7.27. The molecule has 0 saturated carbocycles. The first-order valence-electron chi connectivity index (χ1n) is 13.4. The summed E-state index contributed by atoms with van der Waals surface area (Å²) in [5.74, 6) is -0.782. The first-order chi connectivity index (χ1) is 15.1. The summed E-state index contributed by atoms with van der Waals surface area (Å²) >= 11 is 0. The van der Waals surface area contributed by atoms with Crippen molar-refractivity contribution in [2.45, 2.75) is 135 Å². The van der Waals surface area contributed by atoms with Gasteiger partial charge < -0.3 is 10.0 Å². The highest BCUT2D eigenvalue weighted by Gasteiger charge is 2.40. The minimum atomic E-state index is -0.845. The molecule has 1 unspecified atom stereocenters. The molecule has 2 atom stereocenters. The average molecular weight is 437 g/mol. The fraction of sp³-hybridized carbons (Fsp3) is 0.923. The second kappa shape index (κ2) is 15.7. The molecule has 2 rings (SSSR count). The zero-order valence-corrected chi connectivity index (χ0v) is 20.2. The van der Waals surface area contributed by atoms with E-state index in [4.69, 9.17) is 0 Å². The van der Waals surface area contributed by atoms with E-state index in [1.807, 2.05) is 0 Å². The van der Waals surface area contributed by atoms with E-state index >= 15 is 0 Å². The van der Waals surface area contributed by atoms with Gasteiger partial charge in [0.2, 0.25) is 5.91 Å². The zero-order chi connectivity index (χ0) is 22.3. The summed E-state index contributed by atoms with van der Waals surface area (Å²) in [5, 5.41) is 9.38. The predicted octanol–water partition coefficient (Wildman–Crippen LogP) is 6.01. The molecule has 0 radical (unpaired) electrons. The topological polar surface area (TPSA) is 60.9 Å². The maximum absolute atomic E-state index is 12.9. The Bertz CT molecular complexity index is 511. The Morgan fingerprint density at radius 2 is 1.19 bits per heavy atom. The molecule has 0 bridgehead atoms. The predicted molar refractivity (Wildman–Crippen MR) is 127 cm³/mol. The summed E-state index contributed by atoms with van der Waals surface area (Å²) in [6, 6.07) is -0.682. The summed E-state index contributed by atoms with van der Waals surface area (Å²) in [7, 11) is 0. The lowest BCUT2D eigenvalue weighted by Crippen LogP contribution is -2.49. The first kappa shape index (κ1) is 26.2. The molecule has 0 spiro atoms. The van der Waals surface area contributed by atoms with Gasteiger partial charge in [-0.2, -0.15) is 0 Å². The molecule has 0 aromatic rings. The maximum Gasteiger partial charge on any atom is 0.326 e. The van der Waals surface area contributed by atoms with E-state index in [0.717, 1.165) is 38.8 Å². The van der Waals surface area contributed by atoms with E-state index in [2.05, 4.69) is 11.8 Å². The van der Waals surface area contributed by atoms with E-state index in [9.17, 15) is 14.7 Å². The number of carboxylic acids is 1. The number of unbranched alkanes of at least 4 members (excludes halogenated alkanes) is 13. The lowest BCUT2D eigenvalue weighted by atomic mass is 10.0. The molecule has 2 aliphatic heterocycles. The Morgan fingerprint density at radius 3 is 1.74 bits per heavy atom. The van der Waals surface area contributed by atoms with Crippen LogP contribution >= 0.6 is 0 Å². The fourth-order valence-electron chi connectivity index (χ4n) is 5.36. The average Bonchev–Trinajstić information content (AvgIpc) is 3.43. The molecule has 5 heteroatoms. The van der Waals surface area contributed by atoms with Crippen molar-refractivity contribution in [3.8, 4) is 0 Å². The van der Waals surface area contributed by atoms with Crippen molar-refractivity contribution in [3.63, 3.8) is 0 Å². The summed E-state index contributed by atoms with van der Waals surface area (Å²) in [4.78, 5) is 28.3. The molecule has 1 amide bonds. The van der Waals surface area contributed by atoms with Crippen molar-refractivity contribution in [1.82, 2.24) is 9.80 Å². The summed E-state index contributed by atoms with van der Waals surface area (Å²) in [6.07, 6.45) is 22.4. The highest BCUT2D eigenvalue weighted by molar-refractivity contribution is 5.87. The molecule has 0 aromatic heterocycles. The normalized spacial score (nSPS) is 21.8. The van der Waals surface area contributed by atoms with Gasteiger partial charge in [-0.15, -0.1) is 0 Å². The number of rotatable bonds is 17. The third kappa shape index (κ3) is 9.51. The highest BCUT2D eigenvalue weighted by Crippen LogP contribution is 2.25. The van der Waals surface area contributed by atoms with Crippen molar-refractivity contribution < 1.29 is 14.7 Å². The van der Waals surface area contributed by atoms with Crippen LogP contribution in [0.1, 0.15) is 122 Å². The molecular weight excluding hydrogens is 388 g/mol. The largest absolute Gasteiger partial charge is 0.480 e. The molecule has 0 aromatic carbocycles. The standard InChI is InChI=1S/C26H48N2O3/c1-2-3-4-5-6-7-8-9-10-11-12-13-14-15-20-27-21-16-18-23(27)25(29)28-22-17-19-24(28)26(30)31/h23-24H,2-22H2,1H3,(H,30,31)/t23-,24?/m0/s1. The van der Waals surface area contributed by atoms with Gasteiger partial charge in [0.25, 0.3) is 0 Å². The Hall–Kier alpha value is -1.10. The molecule has 1 N–H and O–H groups in total. The van der Waals surface area contributed by atoms with Crippen LogP contribution in [0.15, 0.2) is 0 Å². The van der Waals surface area contributed by atoms with Gasteiger partial charge in [0.05, 0.1) is 6.04 Å². The van der Waals surface area contributed by atoms with Crippen LogP contribution in [0.2, 0.25) is 0 Å². The van der Waals surface area contributed by atoms with Gasteiger partial charge in [-0.25, -0.2) is 4.79 Å². The Balaban J connectivity index is 1.48. The number of carboxylic acid groups (broad SMARTS) is 1. The lowest BCUT2D eigenvalue weighted by molar-refractivity contribution is -0.150. The van der Waals surface area contributed by atoms with Gasteiger partial charge in [-0.1, -0.05) is 90.4 Å². The number of hydrogen-bond acceptors (Lipinski definition) is 3. The second-order valence-corrected chi connectivity index (χ2v) is 9.82. The van der Waals surface area contributed by atoms with Gasteiger partial charge in [0.1, 0.15) is 6.04 Å². The van der Waals surface area contributed by atoms with Gasteiger partial charge >= 0.3 is 5.97 Å². The number of nitrogens with zero attached hydrogens (tertiary/aromatic N) is 2. The Morgan fingerprint density at radius 1 is 0.710 bits per heavy atom. The summed E-state index contributed by atoms with van der Waals surface area (Å²) in [5.41, 5.74) is 0. The molecule has 2 fully saturated rings. The minimum absolute atomic E-state index is 0.0627. The van der Waals surface area contributed by atoms with E-state index in [1.165, 1.54) is 83.5 Å². The van der Waals surface area contributed by atoms with Crippen LogP contribution in [-0.2, 0) is 9.59 Å². The quantitative estimate of drug-likeness (QED) is 0.284. The van der Waals surface area contributed by atoms with E-state index in [0.29, 0.717) is 13.0 Å². The van der Waals surface area contributed by atoms with Crippen LogP contribution in [0.5, 0.6) is 0 Å². The number of amides is 1. The molecule has 5 nitrogen and oxygen atoms in total. The maximum atomic E-state index is 12.9. The van der Waals surface area contributed by atoms with Crippen LogP contribution in [0.3, 0.4) is 0 Å². The van der Waals surface area contributed by atoms with Gasteiger partial charge in [0, 0.05) is 6.54 Å².